The van der Waals surface area contributed by atoms with E-state index in [0.29, 0.717) is 22.8 Å². The highest BCUT2D eigenvalue weighted by Crippen LogP contribution is 2.35. The van der Waals surface area contributed by atoms with Gasteiger partial charge in [0.2, 0.25) is 0 Å². The van der Waals surface area contributed by atoms with E-state index >= 15 is 0 Å². The van der Waals surface area contributed by atoms with Crippen LogP contribution < -0.4 is 24.4 Å². The Hall–Kier alpha value is -3.68. The van der Waals surface area contributed by atoms with E-state index in [-0.39, 0.29) is 35.3 Å². The zero-order valence-electron chi connectivity index (χ0n) is 15.5. The van der Waals surface area contributed by atoms with E-state index in [9.17, 15) is 9.59 Å². The van der Waals surface area contributed by atoms with Gasteiger partial charge in [0.15, 0.2) is 23.5 Å². The Morgan fingerprint density at radius 1 is 0.966 bits per heavy atom. The molecule has 8 nitrogen and oxygen atoms in total. The Bertz CT molecular complexity index is 1080. The molecule has 0 aliphatic rings. The Balaban J connectivity index is 0.00000300. The van der Waals surface area contributed by atoms with Gasteiger partial charge in [-0.1, -0.05) is 7.43 Å². The zero-order valence-corrected chi connectivity index (χ0v) is 15.5. The smallest absolute Gasteiger partial charge is 0.341 e. The number of methoxy groups -OCH3 is 3. The van der Waals surface area contributed by atoms with Crippen LogP contribution in [0.1, 0.15) is 7.43 Å². The van der Waals surface area contributed by atoms with Crippen LogP contribution in [0, 0.1) is 0 Å². The van der Waals surface area contributed by atoms with Crippen molar-refractivity contribution in [2.75, 3.05) is 27.9 Å². The standard InChI is InChI=1S/C20H18O8.CH4/c1-24-14-5-4-11(6-16(14)25-2)15-9-13(21)20-17(26-3)7-12(8-18(20)28-15)27-10-19(22)23;/h4-9H,10H2,1-3H3,(H,22,23);1H4. The van der Waals surface area contributed by atoms with Gasteiger partial charge < -0.3 is 28.5 Å². The quantitative estimate of drug-likeness (QED) is 0.639. The Kier molecular flexibility index (Phi) is 6.71. The average Bonchev–Trinajstić information content (AvgIpc) is 2.70. The lowest BCUT2D eigenvalue weighted by Crippen LogP contribution is -2.10. The molecular formula is C21H22O8. The maximum absolute atomic E-state index is 12.7. The molecule has 0 aliphatic heterocycles. The van der Waals surface area contributed by atoms with Crippen LogP contribution in [0.4, 0.5) is 0 Å². The summed E-state index contributed by atoms with van der Waals surface area (Å²) in [5.74, 6) is 0.639. The number of carbonyl (C=O) groups is 1. The van der Waals surface area contributed by atoms with Gasteiger partial charge in [-0.2, -0.15) is 0 Å². The molecule has 0 amide bonds. The first-order chi connectivity index (χ1) is 13.5. The lowest BCUT2D eigenvalue weighted by molar-refractivity contribution is -0.139. The van der Waals surface area contributed by atoms with Gasteiger partial charge in [-0.05, 0) is 18.2 Å². The van der Waals surface area contributed by atoms with Crippen molar-refractivity contribution in [3.63, 3.8) is 0 Å². The lowest BCUT2D eigenvalue weighted by Gasteiger charge is -2.11. The number of rotatable bonds is 7. The molecular weight excluding hydrogens is 380 g/mol. The Morgan fingerprint density at radius 2 is 1.66 bits per heavy atom. The Morgan fingerprint density at radius 3 is 2.28 bits per heavy atom. The van der Waals surface area contributed by atoms with Crippen molar-refractivity contribution in [2.45, 2.75) is 7.43 Å². The van der Waals surface area contributed by atoms with Crippen molar-refractivity contribution in [1.29, 1.82) is 0 Å². The molecule has 29 heavy (non-hydrogen) atoms. The number of carboxylic acids is 1. The molecule has 0 aliphatic carbocycles. The second-order valence-corrected chi connectivity index (χ2v) is 5.73. The molecule has 0 bridgehead atoms. The van der Waals surface area contributed by atoms with E-state index in [1.165, 1.54) is 39.5 Å². The fourth-order valence-electron chi connectivity index (χ4n) is 2.75. The first-order valence-corrected chi connectivity index (χ1v) is 8.19. The minimum atomic E-state index is -1.13. The Labute approximate surface area is 167 Å². The maximum Gasteiger partial charge on any atom is 0.341 e. The third-order valence-electron chi connectivity index (χ3n) is 4.02. The van der Waals surface area contributed by atoms with Crippen molar-refractivity contribution in [3.8, 4) is 34.3 Å². The van der Waals surface area contributed by atoms with Crippen LogP contribution in [0.5, 0.6) is 23.0 Å². The average molecular weight is 402 g/mol. The molecule has 0 saturated heterocycles. The van der Waals surface area contributed by atoms with Gasteiger partial charge in [0.05, 0.1) is 21.3 Å². The third-order valence-corrected chi connectivity index (χ3v) is 4.02. The van der Waals surface area contributed by atoms with Gasteiger partial charge in [-0.25, -0.2) is 4.79 Å². The van der Waals surface area contributed by atoms with Crippen LogP contribution in [0.15, 0.2) is 45.6 Å². The molecule has 2 aromatic carbocycles. The molecule has 3 rings (SSSR count). The first-order valence-electron chi connectivity index (χ1n) is 8.19. The SMILES string of the molecule is C.COc1ccc(-c2cc(=O)c3c(OC)cc(OCC(=O)O)cc3o2)cc1OC. The number of carboxylic acid groups (broad SMARTS) is 1. The highest BCUT2D eigenvalue weighted by Gasteiger charge is 2.15. The topological polar surface area (TPSA) is 104 Å². The summed E-state index contributed by atoms with van der Waals surface area (Å²) in [5.41, 5.74) is 0.497. The number of benzene rings is 2. The molecule has 0 fully saturated rings. The molecule has 8 heteroatoms. The van der Waals surface area contributed by atoms with Crippen LogP contribution in [-0.2, 0) is 4.79 Å². The fraction of sp³-hybridized carbons (Fsp3) is 0.238. The molecule has 0 atom stereocenters. The number of fused-ring (bicyclic) bond motifs is 1. The zero-order chi connectivity index (χ0) is 20.3. The van der Waals surface area contributed by atoms with Gasteiger partial charge in [0.1, 0.15) is 28.2 Å². The van der Waals surface area contributed by atoms with E-state index in [0.717, 1.165) is 0 Å². The van der Waals surface area contributed by atoms with Gasteiger partial charge in [-0.3, -0.25) is 4.79 Å². The summed E-state index contributed by atoms with van der Waals surface area (Å²) in [4.78, 5) is 23.4. The van der Waals surface area contributed by atoms with Crippen molar-refractivity contribution < 1.29 is 33.3 Å². The summed E-state index contributed by atoms with van der Waals surface area (Å²) in [6.45, 7) is -0.533. The maximum atomic E-state index is 12.7. The predicted molar refractivity (Wildman–Crippen MR) is 107 cm³/mol. The van der Waals surface area contributed by atoms with E-state index in [1.807, 2.05) is 0 Å². The molecule has 0 spiro atoms. The number of hydrogen-bond acceptors (Lipinski definition) is 7. The minimum absolute atomic E-state index is 0. The van der Waals surface area contributed by atoms with Gasteiger partial charge in [0, 0.05) is 23.8 Å². The lowest BCUT2D eigenvalue weighted by atomic mass is 10.1. The summed E-state index contributed by atoms with van der Waals surface area (Å²) in [7, 11) is 4.44. The minimum Gasteiger partial charge on any atom is -0.496 e. The second kappa shape index (κ2) is 9.01. The molecule has 1 heterocycles. The molecule has 0 radical (unpaired) electrons. The molecule has 0 unspecified atom stereocenters. The van der Waals surface area contributed by atoms with Gasteiger partial charge in [0.25, 0.3) is 0 Å². The van der Waals surface area contributed by atoms with Gasteiger partial charge in [-0.15, -0.1) is 0 Å². The van der Waals surface area contributed by atoms with E-state index in [2.05, 4.69) is 0 Å². The van der Waals surface area contributed by atoms with Crippen molar-refractivity contribution >= 4 is 16.9 Å². The number of hydrogen-bond donors (Lipinski definition) is 1. The van der Waals surface area contributed by atoms with Crippen LogP contribution >= 0.6 is 0 Å². The number of ether oxygens (including phenoxy) is 4. The van der Waals surface area contributed by atoms with Gasteiger partial charge >= 0.3 is 5.97 Å². The normalized spacial score (nSPS) is 10.2. The van der Waals surface area contributed by atoms with Crippen molar-refractivity contribution in [2.24, 2.45) is 0 Å². The second-order valence-electron chi connectivity index (χ2n) is 5.73. The summed E-state index contributed by atoms with van der Waals surface area (Å²) in [6, 6.07) is 9.36. The van der Waals surface area contributed by atoms with E-state index in [4.69, 9.17) is 28.5 Å². The van der Waals surface area contributed by atoms with E-state index < -0.39 is 12.6 Å². The molecule has 154 valence electrons. The fourth-order valence-corrected chi connectivity index (χ4v) is 2.75. The van der Waals surface area contributed by atoms with Crippen LogP contribution in [-0.4, -0.2) is 39.0 Å². The monoisotopic (exact) mass is 402 g/mol. The largest absolute Gasteiger partial charge is 0.496 e. The van der Waals surface area contributed by atoms with Crippen LogP contribution in [0.25, 0.3) is 22.3 Å². The summed E-state index contributed by atoms with van der Waals surface area (Å²) in [5, 5.41) is 9.02. The van der Waals surface area contributed by atoms with Crippen molar-refractivity contribution in [1.82, 2.24) is 0 Å². The highest BCUT2D eigenvalue weighted by atomic mass is 16.5. The summed E-state index contributed by atoms with van der Waals surface area (Å²) in [6.07, 6.45) is 0. The number of aliphatic carboxylic acids is 1. The van der Waals surface area contributed by atoms with E-state index in [1.54, 1.807) is 18.2 Å². The summed E-state index contributed by atoms with van der Waals surface area (Å²) >= 11 is 0. The molecule has 0 saturated carbocycles. The van der Waals surface area contributed by atoms with Crippen LogP contribution in [0.2, 0.25) is 0 Å². The summed E-state index contributed by atoms with van der Waals surface area (Å²) < 4.78 is 26.8. The molecule has 3 aromatic rings. The van der Waals surface area contributed by atoms with Crippen molar-refractivity contribution in [3.05, 3.63) is 46.6 Å². The first kappa shape index (κ1) is 21.6. The molecule has 1 N–H and O–H groups in total. The molecule has 1 aromatic heterocycles. The highest BCUT2D eigenvalue weighted by molar-refractivity contribution is 5.86. The third kappa shape index (κ3) is 4.43. The van der Waals surface area contributed by atoms with Crippen LogP contribution in [0.3, 0.4) is 0 Å². The predicted octanol–water partition coefficient (Wildman–Crippen LogP) is 3.59.